The normalized spacial score (nSPS) is 20.8. The summed E-state index contributed by atoms with van der Waals surface area (Å²) >= 11 is 0. The summed E-state index contributed by atoms with van der Waals surface area (Å²) in [5.74, 6) is 0. The molecule has 0 bridgehead atoms. The molecule has 0 spiro atoms. The Balaban J connectivity index is 2.28. The van der Waals surface area contributed by atoms with Gasteiger partial charge in [0.05, 0.1) is 4.92 Å². The largest absolute Gasteiger partial charge is 0.363 e. The number of piperazine rings is 1. The van der Waals surface area contributed by atoms with Crippen LogP contribution in [-0.2, 0) is 0 Å². The van der Waals surface area contributed by atoms with E-state index in [-0.39, 0.29) is 10.6 Å². The highest BCUT2D eigenvalue weighted by Gasteiger charge is 2.22. The number of hydrogen-bond acceptors (Lipinski definition) is 4. The zero-order valence-corrected chi connectivity index (χ0v) is 9.22. The third kappa shape index (κ3) is 2.14. The molecule has 86 valence electrons. The lowest BCUT2D eigenvalue weighted by molar-refractivity contribution is -0.384. The van der Waals surface area contributed by atoms with Gasteiger partial charge in [-0.15, -0.1) is 0 Å². The van der Waals surface area contributed by atoms with Gasteiger partial charge in [0.25, 0.3) is 5.69 Å². The Morgan fingerprint density at radius 3 is 2.94 bits per heavy atom. The summed E-state index contributed by atoms with van der Waals surface area (Å²) in [4.78, 5) is 12.7. The monoisotopic (exact) mass is 221 g/mol. The van der Waals surface area contributed by atoms with Crippen molar-refractivity contribution in [3.05, 3.63) is 34.4 Å². The van der Waals surface area contributed by atoms with Gasteiger partial charge in [0.2, 0.25) is 0 Å². The van der Waals surface area contributed by atoms with E-state index in [1.807, 2.05) is 12.1 Å². The SMILES string of the molecule is C[C@@H]1CN(c2ccccc2[N+](=O)[O-])CCN1. The Morgan fingerprint density at radius 1 is 1.50 bits per heavy atom. The number of rotatable bonds is 2. The van der Waals surface area contributed by atoms with Crippen molar-refractivity contribution < 1.29 is 4.92 Å². The van der Waals surface area contributed by atoms with Crippen molar-refractivity contribution in [1.82, 2.24) is 5.32 Å². The van der Waals surface area contributed by atoms with Crippen LogP contribution in [0.5, 0.6) is 0 Å². The fourth-order valence-electron chi connectivity index (χ4n) is 2.04. The van der Waals surface area contributed by atoms with Crippen molar-refractivity contribution in [3.8, 4) is 0 Å². The van der Waals surface area contributed by atoms with Crippen molar-refractivity contribution in [2.45, 2.75) is 13.0 Å². The number of nitro groups is 1. The highest BCUT2D eigenvalue weighted by molar-refractivity contribution is 5.63. The minimum absolute atomic E-state index is 0.191. The van der Waals surface area contributed by atoms with Gasteiger partial charge in [-0.05, 0) is 13.0 Å². The summed E-state index contributed by atoms with van der Waals surface area (Å²) in [6.07, 6.45) is 0. The molecule has 1 aromatic carbocycles. The van der Waals surface area contributed by atoms with Crippen LogP contribution in [0.1, 0.15) is 6.92 Å². The van der Waals surface area contributed by atoms with E-state index in [2.05, 4.69) is 17.1 Å². The molecule has 0 radical (unpaired) electrons. The second-order valence-electron chi connectivity index (χ2n) is 4.05. The highest BCUT2D eigenvalue weighted by atomic mass is 16.6. The molecule has 5 nitrogen and oxygen atoms in total. The molecule has 5 heteroatoms. The Morgan fingerprint density at radius 2 is 2.25 bits per heavy atom. The summed E-state index contributed by atoms with van der Waals surface area (Å²) < 4.78 is 0. The molecule has 1 atom stereocenters. The molecule has 1 N–H and O–H groups in total. The molecule has 1 heterocycles. The summed E-state index contributed by atoms with van der Waals surface area (Å²) in [7, 11) is 0. The van der Waals surface area contributed by atoms with Crippen LogP contribution in [0.2, 0.25) is 0 Å². The zero-order chi connectivity index (χ0) is 11.5. The minimum atomic E-state index is -0.317. The van der Waals surface area contributed by atoms with Crippen LogP contribution in [0, 0.1) is 10.1 Å². The summed E-state index contributed by atoms with van der Waals surface area (Å²) in [5.41, 5.74) is 0.914. The molecule has 0 saturated carbocycles. The molecule has 1 aliphatic heterocycles. The molecule has 2 rings (SSSR count). The highest BCUT2D eigenvalue weighted by Crippen LogP contribution is 2.28. The molecule has 0 aliphatic carbocycles. The van der Waals surface area contributed by atoms with Crippen molar-refractivity contribution in [1.29, 1.82) is 0 Å². The Labute approximate surface area is 94.2 Å². The molecule has 0 unspecified atom stereocenters. The fraction of sp³-hybridized carbons (Fsp3) is 0.455. The van der Waals surface area contributed by atoms with E-state index in [4.69, 9.17) is 0 Å². The van der Waals surface area contributed by atoms with Crippen molar-refractivity contribution >= 4 is 11.4 Å². The molecule has 0 aromatic heterocycles. The summed E-state index contributed by atoms with van der Waals surface area (Å²) in [6.45, 7) is 4.58. The second-order valence-corrected chi connectivity index (χ2v) is 4.05. The Hall–Kier alpha value is -1.62. The molecule has 1 aromatic rings. The standard InChI is InChI=1S/C11H15N3O2/c1-9-8-13(7-6-12-9)10-4-2-3-5-11(10)14(15)16/h2-5,9,12H,6-8H2,1H3/t9-/m1/s1. The van der Waals surface area contributed by atoms with Crippen LogP contribution in [-0.4, -0.2) is 30.6 Å². The predicted molar refractivity (Wildman–Crippen MR) is 62.8 cm³/mol. The molecule has 0 amide bonds. The van der Waals surface area contributed by atoms with E-state index in [1.54, 1.807) is 12.1 Å². The number of nitrogens with one attached hydrogen (secondary N) is 1. The van der Waals surface area contributed by atoms with Gasteiger partial charge in [-0.3, -0.25) is 10.1 Å². The molecule has 1 fully saturated rings. The lowest BCUT2D eigenvalue weighted by Crippen LogP contribution is -2.49. The maximum absolute atomic E-state index is 10.9. The van der Waals surface area contributed by atoms with Gasteiger partial charge >= 0.3 is 0 Å². The van der Waals surface area contributed by atoms with E-state index < -0.39 is 0 Å². The number of para-hydroxylation sites is 2. The Kier molecular flexibility index (Phi) is 3.05. The average molecular weight is 221 g/mol. The molecular formula is C11H15N3O2. The topological polar surface area (TPSA) is 58.4 Å². The molecular weight excluding hydrogens is 206 g/mol. The first kappa shape index (κ1) is 10.9. The number of anilines is 1. The van der Waals surface area contributed by atoms with Gasteiger partial charge in [0.15, 0.2) is 0 Å². The van der Waals surface area contributed by atoms with Gasteiger partial charge in [0.1, 0.15) is 5.69 Å². The van der Waals surface area contributed by atoms with E-state index in [0.29, 0.717) is 6.04 Å². The van der Waals surface area contributed by atoms with Crippen LogP contribution >= 0.6 is 0 Å². The van der Waals surface area contributed by atoms with Crippen molar-refractivity contribution in [2.75, 3.05) is 24.5 Å². The van der Waals surface area contributed by atoms with E-state index in [9.17, 15) is 10.1 Å². The first-order valence-corrected chi connectivity index (χ1v) is 5.40. The molecule has 1 aliphatic rings. The van der Waals surface area contributed by atoms with Crippen LogP contribution in [0.25, 0.3) is 0 Å². The van der Waals surface area contributed by atoms with E-state index in [1.165, 1.54) is 0 Å². The van der Waals surface area contributed by atoms with Gasteiger partial charge in [-0.25, -0.2) is 0 Å². The average Bonchev–Trinajstić information content (AvgIpc) is 2.29. The number of hydrogen-bond donors (Lipinski definition) is 1. The maximum atomic E-state index is 10.9. The fourth-order valence-corrected chi connectivity index (χ4v) is 2.04. The number of benzene rings is 1. The predicted octanol–water partition coefficient (Wildman–Crippen LogP) is 1.39. The van der Waals surface area contributed by atoms with Crippen molar-refractivity contribution in [3.63, 3.8) is 0 Å². The van der Waals surface area contributed by atoms with Crippen LogP contribution in [0.4, 0.5) is 11.4 Å². The van der Waals surface area contributed by atoms with E-state index >= 15 is 0 Å². The third-order valence-corrected chi connectivity index (χ3v) is 2.79. The zero-order valence-electron chi connectivity index (χ0n) is 9.22. The maximum Gasteiger partial charge on any atom is 0.292 e. The third-order valence-electron chi connectivity index (χ3n) is 2.79. The number of nitrogens with zero attached hydrogens (tertiary/aromatic N) is 2. The van der Waals surface area contributed by atoms with Gasteiger partial charge in [0, 0.05) is 31.7 Å². The summed E-state index contributed by atoms with van der Waals surface area (Å²) in [5, 5.41) is 14.2. The van der Waals surface area contributed by atoms with Crippen LogP contribution in [0.15, 0.2) is 24.3 Å². The van der Waals surface area contributed by atoms with Crippen LogP contribution < -0.4 is 10.2 Å². The van der Waals surface area contributed by atoms with E-state index in [0.717, 1.165) is 25.3 Å². The lowest BCUT2D eigenvalue weighted by Gasteiger charge is -2.33. The number of nitro benzene ring substituents is 1. The minimum Gasteiger partial charge on any atom is -0.363 e. The van der Waals surface area contributed by atoms with Crippen molar-refractivity contribution in [2.24, 2.45) is 0 Å². The van der Waals surface area contributed by atoms with Gasteiger partial charge in [-0.2, -0.15) is 0 Å². The van der Waals surface area contributed by atoms with Crippen LogP contribution in [0.3, 0.4) is 0 Å². The summed E-state index contributed by atoms with van der Waals surface area (Å²) in [6, 6.07) is 7.29. The first-order chi connectivity index (χ1) is 7.68. The molecule has 16 heavy (non-hydrogen) atoms. The lowest BCUT2D eigenvalue weighted by atomic mass is 10.2. The van der Waals surface area contributed by atoms with Gasteiger partial charge < -0.3 is 10.2 Å². The Bertz CT molecular complexity index is 395. The second kappa shape index (κ2) is 4.49. The molecule has 1 saturated heterocycles. The smallest absolute Gasteiger partial charge is 0.292 e. The quantitative estimate of drug-likeness (QED) is 0.605. The van der Waals surface area contributed by atoms with Gasteiger partial charge in [-0.1, -0.05) is 12.1 Å². The first-order valence-electron chi connectivity index (χ1n) is 5.40.